The standard InChI is InChI=1S/C8H10F3N3O4/c1-3-18-7(15)4-5(14(16)17-2)6(13-12-4)8(9,10)11/h16H,3H2,1-2H3,(H,12,13). The van der Waals surface area contributed by atoms with Gasteiger partial charge in [-0.1, -0.05) is 0 Å². The molecule has 18 heavy (non-hydrogen) atoms. The van der Waals surface area contributed by atoms with E-state index in [-0.39, 0.29) is 11.8 Å². The molecule has 2 N–H and O–H groups in total. The van der Waals surface area contributed by atoms with E-state index >= 15 is 0 Å². The molecule has 1 heterocycles. The van der Waals surface area contributed by atoms with Gasteiger partial charge in [0.25, 0.3) is 0 Å². The molecule has 10 heteroatoms. The largest absolute Gasteiger partial charge is 0.461 e. The number of aromatic amines is 1. The first-order valence-corrected chi connectivity index (χ1v) is 4.68. The molecule has 102 valence electrons. The van der Waals surface area contributed by atoms with Crippen molar-refractivity contribution in [3.63, 3.8) is 0 Å². The topological polar surface area (TPSA) is 87.7 Å². The first kappa shape index (κ1) is 14.3. The molecular formula is C8H10F3N3O4. The minimum absolute atomic E-state index is 0.0507. The van der Waals surface area contributed by atoms with Gasteiger partial charge in [0.1, 0.15) is 0 Å². The maximum Gasteiger partial charge on any atom is 0.435 e. The van der Waals surface area contributed by atoms with Gasteiger partial charge in [-0.05, 0) is 6.92 Å². The molecular weight excluding hydrogens is 259 g/mol. The summed E-state index contributed by atoms with van der Waals surface area (Å²) in [6, 6.07) is 0. The van der Waals surface area contributed by atoms with Gasteiger partial charge < -0.3 is 4.74 Å². The molecule has 1 rings (SSSR count). The Hall–Kier alpha value is -1.81. The van der Waals surface area contributed by atoms with Gasteiger partial charge in [0.05, 0.1) is 13.7 Å². The number of halogens is 3. The maximum absolute atomic E-state index is 12.6. The number of alkyl halides is 3. The Morgan fingerprint density at radius 2 is 2.17 bits per heavy atom. The van der Waals surface area contributed by atoms with Crippen molar-refractivity contribution in [2.45, 2.75) is 13.1 Å². The van der Waals surface area contributed by atoms with Crippen LogP contribution in [0.3, 0.4) is 0 Å². The van der Waals surface area contributed by atoms with Crippen LogP contribution < -0.4 is 5.23 Å². The molecule has 0 spiro atoms. The predicted octanol–water partition coefficient (Wildman–Crippen LogP) is 1.36. The van der Waals surface area contributed by atoms with Gasteiger partial charge in [0.15, 0.2) is 17.1 Å². The lowest BCUT2D eigenvalue weighted by molar-refractivity contribution is -0.142. The quantitative estimate of drug-likeness (QED) is 0.634. The number of nitrogens with one attached hydrogen (secondary N) is 1. The molecule has 0 saturated carbocycles. The molecule has 1 aromatic rings. The fraction of sp³-hybridized carbons (Fsp3) is 0.500. The lowest BCUT2D eigenvalue weighted by atomic mass is 10.3. The molecule has 0 aliphatic heterocycles. The fourth-order valence-corrected chi connectivity index (χ4v) is 1.15. The Morgan fingerprint density at radius 1 is 1.56 bits per heavy atom. The molecule has 0 radical (unpaired) electrons. The number of H-pyrrole nitrogens is 1. The van der Waals surface area contributed by atoms with Crippen LogP contribution in [0.25, 0.3) is 0 Å². The Labute approximate surface area is 99.0 Å². The number of aromatic nitrogens is 2. The summed E-state index contributed by atoms with van der Waals surface area (Å²) in [5.41, 5.74) is -3.10. The summed E-state index contributed by atoms with van der Waals surface area (Å²) in [7, 11) is 0.919. The van der Waals surface area contributed by atoms with Crippen LogP contribution in [0.4, 0.5) is 18.9 Å². The third-order valence-corrected chi connectivity index (χ3v) is 1.86. The Kier molecular flexibility index (Phi) is 4.14. The first-order chi connectivity index (χ1) is 8.32. The lowest BCUT2D eigenvalue weighted by Crippen LogP contribution is -2.22. The Balaban J connectivity index is 3.28. The number of nitrogens with zero attached hydrogens (tertiary/aromatic N) is 2. The molecule has 0 fully saturated rings. The summed E-state index contributed by atoms with van der Waals surface area (Å²) in [6.07, 6.45) is -4.84. The highest BCUT2D eigenvalue weighted by molar-refractivity contribution is 5.94. The molecule has 0 aromatic carbocycles. The molecule has 0 bridgehead atoms. The number of carbonyl (C=O) groups is 1. The smallest absolute Gasteiger partial charge is 0.435 e. The predicted molar refractivity (Wildman–Crippen MR) is 50.8 cm³/mol. The van der Waals surface area contributed by atoms with Crippen LogP contribution in [0.15, 0.2) is 0 Å². The van der Waals surface area contributed by atoms with Gasteiger partial charge >= 0.3 is 12.1 Å². The van der Waals surface area contributed by atoms with Crippen LogP contribution in [0.5, 0.6) is 0 Å². The molecule has 1 aromatic heterocycles. The van der Waals surface area contributed by atoms with Gasteiger partial charge in [0.2, 0.25) is 0 Å². The van der Waals surface area contributed by atoms with Gasteiger partial charge in [-0.15, -0.1) is 5.23 Å². The van der Waals surface area contributed by atoms with Gasteiger partial charge in [-0.3, -0.25) is 15.1 Å². The highest BCUT2D eigenvalue weighted by Gasteiger charge is 2.41. The Bertz CT molecular complexity index is 432. The molecule has 0 aliphatic rings. The third kappa shape index (κ3) is 2.71. The van der Waals surface area contributed by atoms with Gasteiger partial charge in [0, 0.05) is 0 Å². The van der Waals surface area contributed by atoms with Crippen molar-refractivity contribution in [2.24, 2.45) is 0 Å². The second-order valence-electron chi connectivity index (χ2n) is 2.97. The third-order valence-electron chi connectivity index (χ3n) is 1.86. The van der Waals surface area contributed by atoms with E-state index in [1.165, 1.54) is 6.92 Å². The van der Waals surface area contributed by atoms with Crippen molar-refractivity contribution in [1.82, 2.24) is 10.2 Å². The van der Waals surface area contributed by atoms with Crippen molar-refractivity contribution >= 4 is 11.7 Å². The average molecular weight is 269 g/mol. The number of hydrogen-bond acceptors (Lipinski definition) is 6. The number of esters is 1. The summed E-state index contributed by atoms with van der Waals surface area (Å²) in [4.78, 5) is 15.6. The zero-order valence-electron chi connectivity index (χ0n) is 9.41. The second kappa shape index (κ2) is 5.23. The van der Waals surface area contributed by atoms with Gasteiger partial charge in [-0.25, -0.2) is 4.79 Å². The van der Waals surface area contributed by atoms with E-state index in [1.807, 2.05) is 0 Å². The fourth-order valence-electron chi connectivity index (χ4n) is 1.15. The van der Waals surface area contributed by atoms with Crippen molar-refractivity contribution in [1.29, 1.82) is 0 Å². The van der Waals surface area contributed by atoms with E-state index in [0.717, 1.165) is 7.11 Å². The van der Waals surface area contributed by atoms with Crippen molar-refractivity contribution < 1.29 is 32.7 Å². The highest BCUT2D eigenvalue weighted by atomic mass is 19.4. The summed E-state index contributed by atoms with van der Waals surface area (Å²) in [5.74, 6) is -1.12. The number of hydrogen-bond donors (Lipinski definition) is 2. The molecule has 0 aliphatic carbocycles. The number of carbonyl (C=O) groups excluding carboxylic acids is 1. The van der Waals surface area contributed by atoms with E-state index in [1.54, 1.807) is 5.10 Å². The zero-order chi connectivity index (χ0) is 13.9. The number of rotatable bonds is 4. The minimum Gasteiger partial charge on any atom is -0.461 e. The number of anilines is 1. The molecule has 0 saturated heterocycles. The maximum atomic E-state index is 12.6. The van der Waals surface area contributed by atoms with Gasteiger partial charge in [-0.2, -0.15) is 18.3 Å². The van der Waals surface area contributed by atoms with E-state index in [0.29, 0.717) is 0 Å². The summed E-state index contributed by atoms with van der Waals surface area (Å²) < 4.78 is 42.3. The van der Waals surface area contributed by atoms with Crippen molar-refractivity contribution in [2.75, 3.05) is 18.9 Å². The van der Waals surface area contributed by atoms with Crippen LogP contribution in [-0.4, -0.2) is 35.1 Å². The van der Waals surface area contributed by atoms with Crippen molar-refractivity contribution in [3.05, 3.63) is 11.4 Å². The van der Waals surface area contributed by atoms with Crippen LogP contribution in [0, 0.1) is 0 Å². The van der Waals surface area contributed by atoms with E-state index in [2.05, 4.69) is 14.7 Å². The molecule has 0 atom stereocenters. The van der Waals surface area contributed by atoms with Crippen LogP contribution in [0.1, 0.15) is 23.1 Å². The first-order valence-electron chi connectivity index (χ1n) is 4.68. The number of ether oxygens (including phenoxy) is 1. The highest BCUT2D eigenvalue weighted by Crippen LogP contribution is 2.36. The monoisotopic (exact) mass is 269 g/mol. The van der Waals surface area contributed by atoms with Crippen molar-refractivity contribution in [3.8, 4) is 0 Å². The lowest BCUT2D eigenvalue weighted by Gasteiger charge is -2.15. The summed E-state index contributed by atoms with van der Waals surface area (Å²) >= 11 is 0. The minimum atomic E-state index is -4.84. The van der Waals surface area contributed by atoms with E-state index in [4.69, 9.17) is 0 Å². The van der Waals surface area contributed by atoms with E-state index in [9.17, 15) is 23.2 Å². The SMILES string of the molecule is CCOC(=O)c1n[nH]c(C(F)(F)F)c1N(O)OC. The Morgan fingerprint density at radius 3 is 2.61 bits per heavy atom. The average Bonchev–Trinajstić information content (AvgIpc) is 2.72. The molecule has 0 amide bonds. The van der Waals surface area contributed by atoms with Crippen LogP contribution >= 0.6 is 0 Å². The molecule has 7 nitrogen and oxygen atoms in total. The summed E-state index contributed by atoms with van der Waals surface area (Å²) in [5, 5.41) is 13.8. The van der Waals surface area contributed by atoms with Crippen LogP contribution in [0.2, 0.25) is 0 Å². The molecule has 0 unspecified atom stereocenters. The normalized spacial score (nSPS) is 11.4. The summed E-state index contributed by atoms with van der Waals surface area (Å²) in [6.45, 7) is 1.42. The second-order valence-corrected chi connectivity index (χ2v) is 2.97. The zero-order valence-corrected chi connectivity index (χ0v) is 9.41. The van der Waals surface area contributed by atoms with Crippen LogP contribution in [-0.2, 0) is 15.8 Å². The van der Waals surface area contributed by atoms with E-state index < -0.39 is 29.2 Å².